The largest absolute Gasteiger partial charge is 0.465 e. The van der Waals surface area contributed by atoms with Crippen LogP contribution in [0.2, 0.25) is 0 Å². The standard InChI is InChI=1S/C22H28N2O3/c1-12(2)18-19(13(3)4)24-20-17(23-18)11-10-16(21(20)25)14-6-8-15(9-7-14)22(26)27-5/h6,8-9,12-13,18,23H,7,10-11H2,1-5H3. The van der Waals surface area contributed by atoms with E-state index in [1.165, 1.54) is 7.11 Å². The summed E-state index contributed by atoms with van der Waals surface area (Å²) in [4.78, 5) is 29.6. The first kappa shape index (κ1) is 19.3. The first-order chi connectivity index (χ1) is 12.8. The second kappa shape index (κ2) is 7.67. The van der Waals surface area contributed by atoms with Gasteiger partial charge in [-0.1, -0.05) is 39.8 Å². The van der Waals surface area contributed by atoms with Crippen LogP contribution in [0.3, 0.4) is 0 Å². The second-order valence-corrected chi connectivity index (χ2v) is 7.91. The van der Waals surface area contributed by atoms with Gasteiger partial charge in [-0.3, -0.25) is 4.79 Å². The highest BCUT2D eigenvalue weighted by Gasteiger charge is 2.34. The van der Waals surface area contributed by atoms with Gasteiger partial charge in [0.25, 0.3) is 0 Å². The molecule has 3 rings (SSSR count). The molecule has 5 nitrogen and oxygen atoms in total. The van der Waals surface area contributed by atoms with Crippen molar-refractivity contribution in [2.24, 2.45) is 16.8 Å². The molecule has 3 aliphatic rings. The topological polar surface area (TPSA) is 67.8 Å². The molecule has 5 heteroatoms. The molecular formula is C22H28N2O3. The maximum Gasteiger partial charge on any atom is 0.337 e. The quantitative estimate of drug-likeness (QED) is 0.610. The van der Waals surface area contributed by atoms with Gasteiger partial charge in [0.05, 0.1) is 18.7 Å². The Labute approximate surface area is 161 Å². The van der Waals surface area contributed by atoms with Gasteiger partial charge >= 0.3 is 5.97 Å². The zero-order valence-corrected chi connectivity index (χ0v) is 16.8. The molecule has 1 atom stereocenters. The Bertz CT molecular complexity index is 822. The van der Waals surface area contributed by atoms with Crippen LogP contribution in [0.15, 0.2) is 51.3 Å². The molecule has 0 fully saturated rings. The summed E-state index contributed by atoms with van der Waals surface area (Å²) in [5.41, 5.74) is 4.89. The van der Waals surface area contributed by atoms with Gasteiger partial charge in [-0.05, 0) is 42.7 Å². The van der Waals surface area contributed by atoms with E-state index >= 15 is 0 Å². The predicted octanol–water partition coefficient (Wildman–Crippen LogP) is 3.64. The third-order valence-electron chi connectivity index (χ3n) is 5.36. The lowest BCUT2D eigenvalue weighted by Crippen LogP contribution is -2.47. The van der Waals surface area contributed by atoms with Crippen LogP contribution in [0.4, 0.5) is 0 Å². The van der Waals surface area contributed by atoms with Crippen LogP contribution in [0.5, 0.6) is 0 Å². The third kappa shape index (κ3) is 3.68. The van der Waals surface area contributed by atoms with Gasteiger partial charge in [-0.15, -0.1) is 0 Å². The van der Waals surface area contributed by atoms with Crippen molar-refractivity contribution in [3.63, 3.8) is 0 Å². The number of Topliss-reactive ketones (excluding diaryl/α,β-unsaturated/α-hetero) is 1. The van der Waals surface area contributed by atoms with E-state index in [-0.39, 0.29) is 23.7 Å². The van der Waals surface area contributed by atoms with Gasteiger partial charge in [-0.2, -0.15) is 0 Å². The first-order valence-corrected chi connectivity index (χ1v) is 9.64. The van der Waals surface area contributed by atoms with E-state index in [9.17, 15) is 9.59 Å². The van der Waals surface area contributed by atoms with Crippen LogP contribution in [-0.4, -0.2) is 30.6 Å². The normalized spacial score (nSPS) is 25.3. The van der Waals surface area contributed by atoms with Crippen molar-refractivity contribution in [3.05, 3.63) is 46.3 Å². The zero-order chi connectivity index (χ0) is 19.7. The van der Waals surface area contributed by atoms with E-state index in [0.717, 1.165) is 29.0 Å². The number of hydrogen-bond donors (Lipinski definition) is 1. The molecule has 1 N–H and O–H groups in total. The number of ether oxygens (including phenoxy) is 1. The Hall–Kier alpha value is -2.43. The number of methoxy groups -OCH3 is 1. The Morgan fingerprint density at radius 3 is 2.52 bits per heavy atom. The van der Waals surface area contributed by atoms with Crippen molar-refractivity contribution < 1.29 is 14.3 Å². The highest BCUT2D eigenvalue weighted by atomic mass is 16.5. The number of carbonyl (C=O) groups is 2. The fourth-order valence-corrected chi connectivity index (χ4v) is 3.82. The maximum atomic E-state index is 13.2. The van der Waals surface area contributed by atoms with E-state index < -0.39 is 0 Å². The lowest BCUT2D eigenvalue weighted by molar-refractivity contribution is -0.135. The Balaban J connectivity index is 1.90. The molecule has 0 saturated heterocycles. The molecule has 27 heavy (non-hydrogen) atoms. The minimum Gasteiger partial charge on any atom is -0.465 e. The van der Waals surface area contributed by atoms with Crippen LogP contribution in [0.25, 0.3) is 0 Å². The number of carbonyl (C=O) groups excluding carboxylic acids is 2. The van der Waals surface area contributed by atoms with Crippen LogP contribution in [0, 0.1) is 11.8 Å². The Morgan fingerprint density at radius 2 is 1.96 bits per heavy atom. The molecule has 0 aromatic rings. The average Bonchev–Trinajstić information content (AvgIpc) is 2.67. The highest BCUT2D eigenvalue weighted by molar-refractivity contribution is 6.13. The van der Waals surface area contributed by atoms with Crippen LogP contribution >= 0.6 is 0 Å². The number of nitrogens with one attached hydrogen (secondary N) is 1. The SMILES string of the molecule is COC(=O)C1=CCC(=C2CCC3=C(N=C(C(C)C)C(C(C)C)N3)C2=O)C=C1. The van der Waals surface area contributed by atoms with Crippen molar-refractivity contribution in [2.75, 3.05) is 7.11 Å². The molecule has 2 aliphatic carbocycles. The number of ketones is 1. The molecule has 1 aliphatic heterocycles. The molecule has 144 valence electrons. The van der Waals surface area contributed by atoms with Gasteiger partial charge in [0.2, 0.25) is 5.78 Å². The van der Waals surface area contributed by atoms with E-state index in [2.05, 4.69) is 33.0 Å². The number of hydrogen-bond acceptors (Lipinski definition) is 5. The third-order valence-corrected chi connectivity index (χ3v) is 5.36. The Kier molecular flexibility index (Phi) is 5.49. The molecule has 1 heterocycles. The van der Waals surface area contributed by atoms with E-state index in [0.29, 0.717) is 30.0 Å². The number of rotatable bonds is 3. The van der Waals surface area contributed by atoms with E-state index in [1.807, 2.05) is 12.2 Å². The van der Waals surface area contributed by atoms with Gasteiger partial charge in [0.1, 0.15) is 5.70 Å². The molecule has 0 aromatic carbocycles. The van der Waals surface area contributed by atoms with Crippen molar-refractivity contribution in [2.45, 2.75) is 53.0 Å². The molecule has 0 saturated carbocycles. The van der Waals surface area contributed by atoms with Crippen molar-refractivity contribution >= 4 is 17.5 Å². The predicted molar refractivity (Wildman–Crippen MR) is 106 cm³/mol. The summed E-state index contributed by atoms with van der Waals surface area (Å²) in [6.07, 6.45) is 7.47. The molecule has 0 bridgehead atoms. The number of allylic oxidation sites excluding steroid dienone is 5. The summed E-state index contributed by atoms with van der Waals surface area (Å²) >= 11 is 0. The van der Waals surface area contributed by atoms with Gasteiger partial charge in [-0.25, -0.2) is 9.79 Å². The second-order valence-electron chi connectivity index (χ2n) is 7.91. The number of esters is 1. The van der Waals surface area contributed by atoms with Gasteiger partial charge in [0.15, 0.2) is 0 Å². The molecule has 0 aromatic heterocycles. The molecular weight excluding hydrogens is 340 g/mol. The molecule has 0 radical (unpaired) electrons. The summed E-state index contributed by atoms with van der Waals surface area (Å²) < 4.78 is 4.75. The van der Waals surface area contributed by atoms with Crippen molar-refractivity contribution in [1.29, 1.82) is 0 Å². The Morgan fingerprint density at radius 1 is 1.22 bits per heavy atom. The lowest BCUT2D eigenvalue weighted by atomic mass is 9.84. The van der Waals surface area contributed by atoms with Crippen LogP contribution in [-0.2, 0) is 14.3 Å². The van der Waals surface area contributed by atoms with Gasteiger partial charge < -0.3 is 10.1 Å². The van der Waals surface area contributed by atoms with Crippen molar-refractivity contribution in [1.82, 2.24) is 5.32 Å². The molecule has 0 amide bonds. The molecule has 1 unspecified atom stereocenters. The van der Waals surface area contributed by atoms with E-state index in [4.69, 9.17) is 9.73 Å². The fourth-order valence-electron chi connectivity index (χ4n) is 3.82. The first-order valence-electron chi connectivity index (χ1n) is 9.64. The number of nitrogens with zero attached hydrogens (tertiary/aromatic N) is 1. The number of aliphatic imine (C=N–C) groups is 1. The van der Waals surface area contributed by atoms with Crippen molar-refractivity contribution in [3.8, 4) is 0 Å². The average molecular weight is 368 g/mol. The van der Waals surface area contributed by atoms with E-state index in [1.54, 1.807) is 6.08 Å². The lowest BCUT2D eigenvalue weighted by Gasteiger charge is -2.35. The monoisotopic (exact) mass is 368 g/mol. The summed E-state index contributed by atoms with van der Waals surface area (Å²) in [5, 5.41) is 3.58. The summed E-state index contributed by atoms with van der Waals surface area (Å²) in [6, 6.07) is 0.186. The zero-order valence-electron chi connectivity index (χ0n) is 16.8. The summed E-state index contributed by atoms with van der Waals surface area (Å²) in [7, 11) is 1.37. The smallest absolute Gasteiger partial charge is 0.337 e. The molecule has 0 spiro atoms. The minimum absolute atomic E-state index is 0.0127. The summed E-state index contributed by atoms with van der Waals surface area (Å²) in [5.74, 6) is 0.361. The maximum absolute atomic E-state index is 13.2. The van der Waals surface area contributed by atoms with Crippen LogP contribution < -0.4 is 5.32 Å². The fraction of sp³-hybridized carbons (Fsp3) is 0.500. The minimum atomic E-state index is -0.349. The highest BCUT2D eigenvalue weighted by Crippen LogP contribution is 2.34. The van der Waals surface area contributed by atoms with Gasteiger partial charge in [0, 0.05) is 17.0 Å². The van der Waals surface area contributed by atoms with Crippen LogP contribution in [0.1, 0.15) is 47.0 Å². The summed E-state index contributed by atoms with van der Waals surface area (Å²) in [6.45, 7) is 8.60.